The van der Waals surface area contributed by atoms with Gasteiger partial charge in [-0.1, -0.05) is 53.2 Å². The monoisotopic (exact) mass is 910 g/mol. The zero-order valence-electron chi connectivity index (χ0n) is 38.3. The van der Waals surface area contributed by atoms with Crippen molar-refractivity contribution in [3.05, 3.63) is 11.6 Å². The summed E-state index contributed by atoms with van der Waals surface area (Å²) in [5.74, 6) is -0.634. The lowest BCUT2D eigenvalue weighted by molar-refractivity contribution is -0.380. The van der Waals surface area contributed by atoms with Crippen molar-refractivity contribution in [1.29, 1.82) is 0 Å². The molecule has 64 heavy (non-hydrogen) atoms. The van der Waals surface area contributed by atoms with Crippen LogP contribution < -0.4 is 0 Å². The molecular weight excluding hydrogens is 837 g/mol. The number of carboxylic acid groups (broad SMARTS) is 1. The largest absolute Gasteiger partial charge is 0.481 e. The summed E-state index contributed by atoms with van der Waals surface area (Å²) in [5, 5.41) is 95.9. The minimum atomic E-state index is -1.79. The predicted octanol–water partition coefficient (Wildman–Crippen LogP) is 1.55. The molecule has 0 bridgehead atoms. The van der Waals surface area contributed by atoms with Gasteiger partial charge in [-0.05, 0) is 111 Å². The van der Waals surface area contributed by atoms with E-state index in [0.29, 0.717) is 25.7 Å². The van der Waals surface area contributed by atoms with Gasteiger partial charge in [-0.15, -0.1) is 0 Å². The third-order valence-electron chi connectivity index (χ3n) is 18.9. The van der Waals surface area contributed by atoms with Gasteiger partial charge < -0.3 is 79.2 Å². The number of aliphatic hydroxyl groups excluding tert-OH is 8. The van der Waals surface area contributed by atoms with E-state index >= 15 is 0 Å². The molecule has 0 spiro atoms. The van der Waals surface area contributed by atoms with Gasteiger partial charge in [0.15, 0.2) is 18.9 Å². The molecule has 4 saturated carbocycles. The molecule has 3 saturated heterocycles. The number of carbonyl (C=O) groups excluding carboxylic acids is 1. The second-order valence-electron chi connectivity index (χ2n) is 22.7. The van der Waals surface area contributed by atoms with Gasteiger partial charge >= 0.3 is 5.97 Å². The summed E-state index contributed by atoms with van der Waals surface area (Å²) in [5.41, 5.74) is -1.12. The fourth-order valence-corrected chi connectivity index (χ4v) is 14.6. The average molecular weight is 911 g/mol. The van der Waals surface area contributed by atoms with Crippen LogP contribution in [0.15, 0.2) is 11.6 Å². The highest BCUT2D eigenvalue weighted by atomic mass is 16.8. The lowest BCUT2D eigenvalue weighted by atomic mass is 9.33. The van der Waals surface area contributed by atoms with E-state index in [-0.39, 0.29) is 46.0 Å². The number of ether oxygens (including phenoxy) is 6. The number of rotatable bonds is 9. The van der Waals surface area contributed by atoms with E-state index in [2.05, 4.69) is 40.7 Å². The molecule has 7 fully saturated rings. The maximum Gasteiger partial charge on any atom is 0.310 e. The number of carbonyl (C=O) groups is 2. The van der Waals surface area contributed by atoms with Crippen LogP contribution in [0.2, 0.25) is 0 Å². The maximum absolute atomic E-state index is 13.7. The van der Waals surface area contributed by atoms with E-state index in [1.807, 2.05) is 6.92 Å². The Morgan fingerprint density at radius 3 is 2.06 bits per heavy atom. The summed E-state index contributed by atoms with van der Waals surface area (Å²) >= 11 is 0. The molecule has 0 radical (unpaired) electrons. The van der Waals surface area contributed by atoms with E-state index in [0.717, 1.165) is 44.8 Å². The summed E-state index contributed by atoms with van der Waals surface area (Å²) in [6.45, 7) is 13.9. The first kappa shape index (κ1) is 48.8. The SMILES string of the molecule is C[C@@H]1O[C@@H](O[C@H]2[C@H](O[C@H]3CC[C@]4(C)[C@H]5CC=C6[C@@H]7CC(C)(C)CC[C@]7(C(=O)O)CC[C@@]6(C)[C@]5(C)CC[C@H]4[C@]3(C)C=O)OC[C@H](O[C@@H]3O[C@H](CO)[C@@H](O)[C@H](O)[C@H]3O)[C@@H]2O)[C@H](O)[C@H](O)[C@H]1O. The van der Waals surface area contributed by atoms with Gasteiger partial charge in [-0.2, -0.15) is 0 Å². The van der Waals surface area contributed by atoms with E-state index in [1.165, 1.54) is 12.5 Å². The van der Waals surface area contributed by atoms with Crippen LogP contribution in [0.4, 0.5) is 0 Å². The van der Waals surface area contributed by atoms with Crippen molar-refractivity contribution in [2.24, 2.45) is 50.2 Å². The first-order valence-electron chi connectivity index (χ1n) is 23.6. The van der Waals surface area contributed by atoms with Gasteiger partial charge in [0.1, 0.15) is 67.3 Å². The molecule has 364 valence electrons. The van der Waals surface area contributed by atoms with Gasteiger partial charge in [-0.3, -0.25) is 4.79 Å². The Balaban J connectivity index is 1.06. The topological polar surface area (TPSA) is 272 Å². The summed E-state index contributed by atoms with van der Waals surface area (Å²) in [7, 11) is 0. The molecule has 0 amide bonds. The first-order chi connectivity index (χ1) is 29.9. The lowest BCUT2D eigenvalue weighted by Crippen LogP contribution is -2.67. The molecule has 3 aliphatic heterocycles. The van der Waals surface area contributed by atoms with E-state index in [9.17, 15) is 55.5 Å². The number of hydrogen-bond donors (Lipinski definition) is 9. The number of hydrogen-bond acceptors (Lipinski definition) is 16. The molecule has 17 nitrogen and oxygen atoms in total. The van der Waals surface area contributed by atoms with Crippen LogP contribution >= 0.6 is 0 Å². The quantitative estimate of drug-likeness (QED) is 0.0902. The van der Waals surface area contributed by atoms with Gasteiger partial charge in [0.2, 0.25) is 0 Å². The number of carboxylic acids is 1. The second-order valence-corrected chi connectivity index (χ2v) is 22.7. The normalized spacial score (nSPS) is 54.9. The average Bonchev–Trinajstić information content (AvgIpc) is 3.24. The number of allylic oxidation sites excluding steroid dienone is 2. The fraction of sp³-hybridized carbons (Fsp3) is 0.915. The molecule has 0 aromatic rings. The molecule has 0 aromatic heterocycles. The van der Waals surface area contributed by atoms with Gasteiger partial charge in [0.05, 0.1) is 36.3 Å². The fourth-order valence-electron chi connectivity index (χ4n) is 14.6. The van der Waals surface area contributed by atoms with Crippen molar-refractivity contribution in [2.75, 3.05) is 13.2 Å². The molecule has 9 N–H and O–H groups in total. The summed E-state index contributed by atoms with van der Waals surface area (Å²) in [4.78, 5) is 26.8. The number of aliphatic carboxylic acids is 1. The zero-order chi connectivity index (χ0) is 46.7. The van der Waals surface area contributed by atoms with Gasteiger partial charge in [0.25, 0.3) is 0 Å². The number of fused-ring (bicyclic) bond motifs is 7. The molecule has 8 aliphatic rings. The Hall–Kier alpha value is -1.68. The van der Waals surface area contributed by atoms with Crippen LogP contribution in [0.5, 0.6) is 0 Å². The minimum Gasteiger partial charge on any atom is -0.481 e. The van der Waals surface area contributed by atoms with Crippen LogP contribution in [0.3, 0.4) is 0 Å². The smallest absolute Gasteiger partial charge is 0.310 e. The first-order valence-corrected chi connectivity index (χ1v) is 23.6. The third kappa shape index (κ3) is 7.40. The lowest BCUT2D eigenvalue weighted by Gasteiger charge is -2.71. The maximum atomic E-state index is 13.7. The Kier molecular flexibility index (Phi) is 13.0. The van der Waals surface area contributed by atoms with Crippen molar-refractivity contribution in [2.45, 2.75) is 205 Å². The number of aldehydes is 1. The summed E-state index contributed by atoms with van der Waals surface area (Å²) in [6.07, 6.45) is -11.5. The van der Waals surface area contributed by atoms with E-state index in [4.69, 9.17) is 28.4 Å². The molecular formula is C47H74O17. The van der Waals surface area contributed by atoms with E-state index < -0.39 is 116 Å². The van der Waals surface area contributed by atoms with Crippen molar-refractivity contribution in [3.8, 4) is 0 Å². The highest BCUT2D eigenvalue weighted by Crippen LogP contribution is 2.76. The van der Waals surface area contributed by atoms with Crippen LogP contribution in [0, 0.1) is 50.2 Å². The highest BCUT2D eigenvalue weighted by Gasteiger charge is 2.70. The van der Waals surface area contributed by atoms with E-state index in [1.54, 1.807) is 0 Å². The molecule has 0 aromatic carbocycles. The van der Waals surface area contributed by atoms with Crippen molar-refractivity contribution in [1.82, 2.24) is 0 Å². The van der Waals surface area contributed by atoms with Crippen LogP contribution in [-0.4, -0.2) is 164 Å². The zero-order valence-corrected chi connectivity index (χ0v) is 38.3. The van der Waals surface area contributed by atoms with Crippen molar-refractivity contribution < 1.29 is 84.0 Å². The second kappa shape index (κ2) is 17.1. The molecule has 0 unspecified atom stereocenters. The molecule has 3 heterocycles. The Morgan fingerprint density at radius 2 is 1.41 bits per heavy atom. The predicted molar refractivity (Wildman–Crippen MR) is 224 cm³/mol. The Bertz CT molecular complexity index is 1780. The van der Waals surface area contributed by atoms with Crippen molar-refractivity contribution >= 4 is 12.3 Å². The minimum absolute atomic E-state index is 0.0277. The standard InChI is InChI=1S/C47H74O17/c1-22-30(50)33(53)35(55)38(60-22)64-37-32(52)26(62-39-36(56)34(54)31(51)25(19-48)61-39)20-59-40(37)63-29-11-12-43(4)27(44(29,5)21-49)10-13-46(7)28(43)9-8-23-24-18-42(2,3)14-16-47(24,41(57)58)17-15-45(23,46)6/h8,21-22,24-40,48,50-56H,9-20H2,1-7H3,(H,57,58)/t22-,24-,25+,26-,27+,28+,29-,30-,31+,32-,33+,34-,35+,36+,37+,38-,39-,40-,43-,44-,45+,46+,47-/m0/s1. The molecule has 17 heteroatoms. The van der Waals surface area contributed by atoms with Crippen molar-refractivity contribution in [3.63, 3.8) is 0 Å². The summed E-state index contributed by atoms with van der Waals surface area (Å²) < 4.78 is 36.4. The molecule has 23 atom stereocenters. The van der Waals surface area contributed by atoms with Gasteiger partial charge in [0, 0.05) is 0 Å². The third-order valence-corrected chi connectivity index (χ3v) is 18.9. The highest BCUT2D eigenvalue weighted by molar-refractivity contribution is 5.76. The summed E-state index contributed by atoms with van der Waals surface area (Å²) in [6, 6.07) is 0. The van der Waals surface area contributed by atoms with Crippen LogP contribution in [-0.2, 0) is 38.0 Å². The number of aliphatic hydroxyl groups is 8. The molecule has 8 rings (SSSR count). The Morgan fingerprint density at radius 1 is 0.750 bits per heavy atom. The molecule has 5 aliphatic carbocycles. The van der Waals surface area contributed by atoms with Crippen LogP contribution in [0.1, 0.15) is 113 Å². The van der Waals surface area contributed by atoms with Gasteiger partial charge in [-0.25, -0.2) is 0 Å². The Labute approximate surface area is 375 Å². The van der Waals surface area contributed by atoms with Crippen LogP contribution in [0.25, 0.3) is 0 Å².